The Morgan fingerprint density at radius 1 is 1.32 bits per heavy atom. The first-order valence-corrected chi connectivity index (χ1v) is 6.85. The van der Waals surface area contributed by atoms with Gasteiger partial charge in [0.15, 0.2) is 0 Å². The molecule has 1 aromatic carbocycles. The fourth-order valence-electron chi connectivity index (χ4n) is 1.77. The van der Waals surface area contributed by atoms with Gasteiger partial charge in [-0.15, -0.1) is 0 Å². The normalized spacial score (nSPS) is 14.0. The van der Waals surface area contributed by atoms with E-state index in [0.29, 0.717) is 0 Å². The Morgan fingerprint density at radius 3 is 2.45 bits per heavy atom. The summed E-state index contributed by atoms with van der Waals surface area (Å²) in [5.41, 5.74) is -0.551. The highest BCUT2D eigenvalue weighted by atomic mass is 19.3. The van der Waals surface area contributed by atoms with E-state index in [1.807, 2.05) is 5.32 Å². The van der Waals surface area contributed by atoms with E-state index in [2.05, 4.69) is 0 Å². The maximum atomic E-state index is 14.3. The number of carbonyl (C=O) groups excluding carboxylic acids is 1. The second-order valence-corrected chi connectivity index (χ2v) is 4.89. The molecule has 0 radical (unpaired) electrons. The molecule has 0 fully saturated rings. The number of halogens is 2. The third-order valence-corrected chi connectivity index (χ3v) is 3.31. The van der Waals surface area contributed by atoms with Gasteiger partial charge in [-0.05, 0) is 32.9 Å². The molecule has 122 valence electrons. The zero-order chi connectivity index (χ0) is 16.9. The summed E-state index contributed by atoms with van der Waals surface area (Å²) in [5, 5.41) is 10.9. The van der Waals surface area contributed by atoms with Gasteiger partial charge < -0.3 is 15.2 Å². The van der Waals surface area contributed by atoms with Gasteiger partial charge in [0.25, 0.3) is 5.91 Å². The molecule has 1 amide bonds. The molecule has 2 atom stereocenters. The molecule has 0 saturated heterocycles. The maximum Gasteiger partial charge on any atom is 0.353 e. The number of carboxylic acid groups (broad SMARTS) is 1. The van der Waals surface area contributed by atoms with Crippen LogP contribution < -0.4 is 10.1 Å². The molecule has 5 nitrogen and oxygen atoms in total. The quantitative estimate of drug-likeness (QED) is 0.810. The number of carbonyl (C=O) groups is 2. The van der Waals surface area contributed by atoms with Crippen LogP contribution in [0.1, 0.15) is 26.3 Å². The standard InChI is InChI=1S/C15H19F2NO4/c1-4-22-12-8-6-5-7-11(12)15(16,17)14(21)18-10(3)9(2)13(19)20/h5-10H,4H2,1-3H3,(H,18,21)(H,19,20). The number of ether oxygens (including phenoxy) is 1. The van der Waals surface area contributed by atoms with Gasteiger partial charge in [0.05, 0.1) is 18.1 Å². The van der Waals surface area contributed by atoms with Crippen LogP contribution in [-0.2, 0) is 15.5 Å². The first-order chi connectivity index (χ1) is 10.2. The molecule has 0 bridgehead atoms. The minimum absolute atomic E-state index is 0.0795. The Labute approximate surface area is 127 Å². The van der Waals surface area contributed by atoms with Crippen LogP contribution in [0.3, 0.4) is 0 Å². The van der Waals surface area contributed by atoms with Gasteiger partial charge in [-0.25, -0.2) is 0 Å². The predicted octanol–water partition coefficient (Wildman–Crippen LogP) is 2.40. The lowest BCUT2D eigenvalue weighted by Gasteiger charge is -2.23. The molecule has 2 N–H and O–H groups in total. The number of para-hydroxylation sites is 1. The lowest BCUT2D eigenvalue weighted by Crippen LogP contribution is -2.46. The Hall–Kier alpha value is -2.18. The van der Waals surface area contributed by atoms with Gasteiger partial charge in [0.1, 0.15) is 5.75 Å². The first-order valence-electron chi connectivity index (χ1n) is 6.85. The molecule has 0 aromatic heterocycles. The van der Waals surface area contributed by atoms with E-state index in [1.54, 1.807) is 6.92 Å². The van der Waals surface area contributed by atoms with Crippen LogP contribution in [0, 0.1) is 5.92 Å². The van der Waals surface area contributed by atoms with Crippen molar-refractivity contribution in [1.82, 2.24) is 5.32 Å². The number of amides is 1. The van der Waals surface area contributed by atoms with Crippen molar-refractivity contribution in [2.75, 3.05) is 6.61 Å². The Morgan fingerprint density at radius 2 is 1.91 bits per heavy atom. The van der Waals surface area contributed by atoms with E-state index >= 15 is 0 Å². The summed E-state index contributed by atoms with van der Waals surface area (Å²) in [6.45, 7) is 4.52. The van der Waals surface area contributed by atoms with Crippen LogP contribution in [-0.4, -0.2) is 29.6 Å². The van der Waals surface area contributed by atoms with Gasteiger partial charge in [-0.3, -0.25) is 9.59 Å². The van der Waals surface area contributed by atoms with Crippen molar-refractivity contribution in [3.05, 3.63) is 29.8 Å². The average molecular weight is 315 g/mol. The second kappa shape index (κ2) is 7.20. The number of hydrogen-bond donors (Lipinski definition) is 2. The molecular weight excluding hydrogens is 296 g/mol. The number of alkyl halides is 2. The molecule has 0 aliphatic heterocycles. The van der Waals surface area contributed by atoms with E-state index in [1.165, 1.54) is 32.0 Å². The van der Waals surface area contributed by atoms with Gasteiger partial charge in [-0.1, -0.05) is 12.1 Å². The molecule has 0 aliphatic rings. The zero-order valence-corrected chi connectivity index (χ0v) is 12.6. The van der Waals surface area contributed by atoms with Gasteiger partial charge in [-0.2, -0.15) is 8.78 Å². The van der Waals surface area contributed by atoms with Crippen molar-refractivity contribution < 1.29 is 28.2 Å². The van der Waals surface area contributed by atoms with E-state index < -0.39 is 35.3 Å². The number of hydrogen-bond acceptors (Lipinski definition) is 3. The van der Waals surface area contributed by atoms with Gasteiger partial charge in [0, 0.05) is 6.04 Å². The smallest absolute Gasteiger partial charge is 0.353 e. The van der Waals surface area contributed by atoms with Crippen LogP contribution in [0.2, 0.25) is 0 Å². The second-order valence-electron chi connectivity index (χ2n) is 4.89. The molecule has 7 heteroatoms. The number of rotatable bonds is 7. The highest BCUT2D eigenvalue weighted by Gasteiger charge is 2.44. The average Bonchev–Trinajstić information content (AvgIpc) is 2.46. The molecule has 0 heterocycles. The summed E-state index contributed by atoms with van der Waals surface area (Å²) < 4.78 is 33.7. The Bertz CT molecular complexity index is 548. The molecule has 22 heavy (non-hydrogen) atoms. The third-order valence-electron chi connectivity index (χ3n) is 3.31. The highest BCUT2D eigenvalue weighted by molar-refractivity contribution is 5.86. The molecule has 0 aliphatic carbocycles. The lowest BCUT2D eigenvalue weighted by molar-refractivity contribution is -0.149. The highest BCUT2D eigenvalue weighted by Crippen LogP contribution is 2.35. The first kappa shape index (κ1) is 17.9. The SMILES string of the molecule is CCOc1ccccc1C(F)(F)C(=O)NC(C)C(C)C(=O)O. The fourth-order valence-corrected chi connectivity index (χ4v) is 1.77. The third kappa shape index (κ3) is 3.93. The lowest BCUT2D eigenvalue weighted by atomic mass is 10.0. The molecule has 2 unspecified atom stereocenters. The fraction of sp³-hybridized carbons (Fsp3) is 0.467. The number of aliphatic carboxylic acids is 1. The van der Waals surface area contributed by atoms with Crippen molar-refractivity contribution in [1.29, 1.82) is 0 Å². The van der Waals surface area contributed by atoms with Crippen LogP contribution in [0.25, 0.3) is 0 Å². The zero-order valence-electron chi connectivity index (χ0n) is 12.6. The van der Waals surface area contributed by atoms with Crippen molar-refractivity contribution in [2.24, 2.45) is 5.92 Å². The summed E-state index contributed by atoms with van der Waals surface area (Å²) in [5.74, 6) is -7.62. The largest absolute Gasteiger partial charge is 0.493 e. The van der Waals surface area contributed by atoms with Gasteiger partial charge >= 0.3 is 11.9 Å². The van der Waals surface area contributed by atoms with Crippen molar-refractivity contribution in [3.63, 3.8) is 0 Å². The van der Waals surface area contributed by atoms with E-state index in [-0.39, 0.29) is 12.4 Å². The van der Waals surface area contributed by atoms with Crippen LogP contribution in [0.4, 0.5) is 8.78 Å². The van der Waals surface area contributed by atoms with Crippen molar-refractivity contribution in [3.8, 4) is 5.75 Å². The molecule has 0 saturated carbocycles. The molecule has 1 aromatic rings. The molecule has 0 spiro atoms. The van der Waals surface area contributed by atoms with Gasteiger partial charge in [0.2, 0.25) is 0 Å². The Balaban J connectivity index is 2.98. The molecule has 1 rings (SSSR count). The van der Waals surface area contributed by atoms with Crippen LogP contribution in [0.15, 0.2) is 24.3 Å². The van der Waals surface area contributed by atoms with Crippen molar-refractivity contribution in [2.45, 2.75) is 32.7 Å². The summed E-state index contributed by atoms with van der Waals surface area (Å²) in [6, 6.07) is 4.43. The number of benzene rings is 1. The number of nitrogens with one attached hydrogen (secondary N) is 1. The predicted molar refractivity (Wildman–Crippen MR) is 75.9 cm³/mol. The summed E-state index contributed by atoms with van der Waals surface area (Å²) in [4.78, 5) is 22.7. The summed E-state index contributed by atoms with van der Waals surface area (Å²) in [6.07, 6.45) is 0. The Kier molecular flexibility index (Phi) is 5.84. The number of carboxylic acids is 1. The van der Waals surface area contributed by atoms with E-state index in [4.69, 9.17) is 9.84 Å². The van der Waals surface area contributed by atoms with Crippen LogP contribution >= 0.6 is 0 Å². The summed E-state index contributed by atoms with van der Waals surface area (Å²) in [7, 11) is 0. The summed E-state index contributed by atoms with van der Waals surface area (Å²) >= 11 is 0. The topological polar surface area (TPSA) is 75.6 Å². The maximum absolute atomic E-state index is 14.3. The molecular formula is C15H19F2NO4. The van der Waals surface area contributed by atoms with E-state index in [9.17, 15) is 18.4 Å². The monoisotopic (exact) mass is 315 g/mol. The minimum atomic E-state index is -3.82. The van der Waals surface area contributed by atoms with Crippen molar-refractivity contribution >= 4 is 11.9 Å². The van der Waals surface area contributed by atoms with Crippen LogP contribution in [0.5, 0.6) is 5.75 Å². The van der Waals surface area contributed by atoms with E-state index in [0.717, 1.165) is 6.07 Å². The minimum Gasteiger partial charge on any atom is -0.493 e.